The molecule has 0 radical (unpaired) electrons. The second-order valence-corrected chi connectivity index (χ2v) is 8.34. The van der Waals surface area contributed by atoms with Gasteiger partial charge in [-0.2, -0.15) is 0 Å². The Kier molecular flexibility index (Phi) is 5.37. The van der Waals surface area contributed by atoms with E-state index in [0.717, 1.165) is 31.6 Å². The van der Waals surface area contributed by atoms with Gasteiger partial charge in [0.15, 0.2) is 0 Å². The van der Waals surface area contributed by atoms with Crippen molar-refractivity contribution in [1.29, 1.82) is 0 Å². The molecule has 31 heavy (non-hydrogen) atoms. The van der Waals surface area contributed by atoms with E-state index in [4.69, 9.17) is 4.42 Å². The van der Waals surface area contributed by atoms with Gasteiger partial charge in [0, 0.05) is 10.0 Å². The standard InChI is InChI=1S/C24H19BrN2O4/c1-13-4-6-18(20(25)11-13)21-7-5-17(31-21)12-19-22(28)26-24(30)27(23(19)29)16-9-14(2)8-15(3)10-16/h4-12H,1-3H3,(H,26,28,30)/b19-12+. The molecule has 0 saturated carbocycles. The third-order valence-corrected chi connectivity index (χ3v) is 5.53. The van der Waals surface area contributed by atoms with Crippen LogP contribution in [0.3, 0.4) is 0 Å². The van der Waals surface area contributed by atoms with Gasteiger partial charge < -0.3 is 4.42 Å². The third kappa shape index (κ3) is 4.09. The Balaban J connectivity index is 1.70. The minimum absolute atomic E-state index is 0.178. The van der Waals surface area contributed by atoms with Crippen molar-refractivity contribution in [3.05, 3.63) is 81.0 Å². The number of carbonyl (C=O) groups is 3. The summed E-state index contributed by atoms with van der Waals surface area (Å²) in [6.07, 6.45) is 1.35. The summed E-state index contributed by atoms with van der Waals surface area (Å²) in [5, 5.41) is 2.23. The van der Waals surface area contributed by atoms with Crippen molar-refractivity contribution in [2.45, 2.75) is 20.8 Å². The average molecular weight is 479 g/mol. The molecule has 4 amide bonds. The van der Waals surface area contributed by atoms with E-state index in [-0.39, 0.29) is 5.57 Å². The lowest BCUT2D eigenvalue weighted by Gasteiger charge is -2.26. The van der Waals surface area contributed by atoms with Crippen LogP contribution in [-0.4, -0.2) is 17.8 Å². The zero-order chi connectivity index (χ0) is 22.3. The van der Waals surface area contributed by atoms with Gasteiger partial charge in [-0.3, -0.25) is 14.9 Å². The number of carbonyl (C=O) groups excluding carboxylic acids is 3. The Morgan fingerprint density at radius 1 is 0.903 bits per heavy atom. The highest BCUT2D eigenvalue weighted by molar-refractivity contribution is 9.10. The van der Waals surface area contributed by atoms with Gasteiger partial charge in [-0.25, -0.2) is 9.69 Å². The van der Waals surface area contributed by atoms with Gasteiger partial charge in [0.05, 0.1) is 5.69 Å². The van der Waals surface area contributed by atoms with E-state index in [0.29, 0.717) is 17.2 Å². The van der Waals surface area contributed by atoms with Crippen LogP contribution in [0, 0.1) is 20.8 Å². The fourth-order valence-electron chi connectivity index (χ4n) is 3.51. The highest BCUT2D eigenvalue weighted by atomic mass is 79.9. The first-order chi connectivity index (χ1) is 14.7. The zero-order valence-electron chi connectivity index (χ0n) is 17.2. The Labute approximate surface area is 187 Å². The van der Waals surface area contributed by atoms with Gasteiger partial charge in [0.25, 0.3) is 11.8 Å². The summed E-state index contributed by atoms with van der Waals surface area (Å²) >= 11 is 3.52. The number of imide groups is 2. The molecule has 156 valence electrons. The van der Waals surface area contributed by atoms with E-state index in [9.17, 15) is 14.4 Å². The molecule has 0 aliphatic carbocycles. The highest BCUT2D eigenvalue weighted by Crippen LogP contribution is 2.31. The number of halogens is 1. The summed E-state index contributed by atoms with van der Waals surface area (Å²) < 4.78 is 6.73. The maximum atomic E-state index is 13.1. The predicted molar refractivity (Wildman–Crippen MR) is 121 cm³/mol. The molecule has 2 aromatic carbocycles. The maximum absolute atomic E-state index is 13.1. The highest BCUT2D eigenvalue weighted by Gasteiger charge is 2.37. The lowest BCUT2D eigenvalue weighted by atomic mass is 10.1. The van der Waals surface area contributed by atoms with Crippen molar-refractivity contribution in [3.63, 3.8) is 0 Å². The molecule has 1 N–H and O–H groups in total. The average Bonchev–Trinajstić information content (AvgIpc) is 3.12. The van der Waals surface area contributed by atoms with Crippen molar-refractivity contribution < 1.29 is 18.8 Å². The Morgan fingerprint density at radius 2 is 1.61 bits per heavy atom. The van der Waals surface area contributed by atoms with Crippen LogP contribution >= 0.6 is 15.9 Å². The first-order valence-corrected chi connectivity index (χ1v) is 10.4. The van der Waals surface area contributed by atoms with Crippen LogP contribution in [0.15, 0.2) is 63.0 Å². The van der Waals surface area contributed by atoms with Crippen molar-refractivity contribution in [3.8, 4) is 11.3 Å². The van der Waals surface area contributed by atoms with Gasteiger partial charge in [-0.15, -0.1) is 0 Å². The molecule has 1 aliphatic rings. The van der Waals surface area contributed by atoms with Gasteiger partial charge in [-0.05, 0) is 79.9 Å². The normalized spacial score (nSPS) is 15.5. The summed E-state index contributed by atoms with van der Waals surface area (Å²) in [6.45, 7) is 5.74. The molecule has 2 heterocycles. The molecule has 1 fully saturated rings. The predicted octanol–water partition coefficient (Wildman–Crippen LogP) is 5.30. The number of hydrogen-bond donors (Lipinski definition) is 1. The summed E-state index contributed by atoms with van der Waals surface area (Å²) in [4.78, 5) is 38.8. The largest absolute Gasteiger partial charge is 0.457 e. The van der Waals surface area contributed by atoms with Crippen molar-refractivity contribution in [1.82, 2.24) is 5.32 Å². The molecule has 4 rings (SSSR count). The quantitative estimate of drug-likeness (QED) is 0.409. The number of nitrogens with one attached hydrogen (secondary N) is 1. The second kappa shape index (κ2) is 8.00. The maximum Gasteiger partial charge on any atom is 0.335 e. The molecule has 0 unspecified atom stereocenters. The van der Waals surface area contributed by atoms with Crippen molar-refractivity contribution in [2.24, 2.45) is 0 Å². The number of barbiturate groups is 1. The summed E-state index contributed by atoms with van der Waals surface area (Å²) in [6, 6.07) is 13.9. The third-order valence-electron chi connectivity index (χ3n) is 4.87. The molecule has 0 atom stereocenters. The van der Waals surface area contributed by atoms with E-state index in [2.05, 4.69) is 21.2 Å². The number of furan rings is 1. The fraction of sp³-hybridized carbons (Fsp3) is 0.125. The lowest BCUT2D eigenvalue weighted by molar-refractivity contribution is -0.122. The first-order valence-electron chi connectivity index (χ1n) is 9.59. The molecule has 1 aliphatic heterocycles. The molecule has 6 nitrogen and oxygen atoms in total. The first kappa shape index (κ1) is 20.8. The minimum Gasteiger partial charge on any atom is -0.457 e. The van der Waals surface area contributed by atoms with Crippen LogP contribution in [0.5, 0.6) is 0 Å². The molecular formula is C24H19BrN2O4. The van der Waals surface area contributed by atoms with Gasteiger partial charge in [0.1, 0.15) is 17.1 Å². The summed E-state index contributed by atoms with van der Waals surface area (Å²) in [7, 11) is 0. The Bertz CT molecular complexity index is 1250. The number of urea groups is 1. The fourth-order valence-corrected chi connectivity index (χ4v) is 4.20. The molecule has 7 heteroatoms. The van der Waals surface area contributed by atoms with Gasteiger partial charge in [-0.1, -0.05) is 28.1 Å². The number of rotatable bonds is 3. The molecule has 3 aromatic rings. The van der Waals surface area contributed by atoms with Gasteiger partial charge >= 0.3 is 6.03 Å². The van der Waals surface area contributed by atoms with Crippen molar-refractivity contribution >= 4 is 45.5 Å². The van der Waals surface area contributed by atoms with E-state index in [1.54, 1.807) is 24.3 Å². The monoisotopic (exact) mass is 478 g/mol. The number of aryl methyl sites for hydroxylation is 3. The van der Waals surface area contributed by atoms with Gasteiger partial charge in [0.2, 0.25) is 0 Å². The SMILES string of the molecule is Cc1cc(C)cc(N2C(=O)NC(=O)/C(=C\c3ccc(-c4ccc(C)cc4Br)o3)C2=O)c1. The molecule has 0 bridgehead atoms. The smallest absolute Gasteiger partial charge is 0.335 e. The lowest BCUT2D eigenvalue weighted by Crippen LogP contribution is -2.54. The van der Waals surface area contributed by atoms with E-state index >= 15 is 0 Å². The molecule has 0 spiro atoms. The van der Waals surface area contributed by atoms with E-state index < -0.39 is 17.8 Å². The van der Waals surface area contributed by atoms with Crippen LogP contribution in [0.2, 0.25) is 0 Å². The van der Waals surface area contributed by atoms with Crippen molar-refractivity contribution in [2.75, 3.05) is 4.90 Å². The number of anilines is 1. The van der Waals surface area contributed by atoms with E-state index in [1.807, 2.05) is 45.0 Å². The number of hydrogen-bond acceptors (Lipinski definition) is 4. The van der Waals surface area contributed by atoms with Crippen LogP contribution in [0.1, 0.15) is 22.5 Å². The van der Waals surface area contributed by atoms with E-state index in [1.165, 1.54) is 6.08 Å². The molecular weight excluding hydrogens is 460 g/mol. The number of amides is 4. The topological polar surface area (TPSA) is 79.6 Å². The number of benzene rings is 2. The summed E-state index contributed by atoms with van der Waals surface area (Å²) in [5.74, 6) is -0.543. The second-order valence-electron chi connectivity index (χ2n) is 7.49. The summed E-state index contributed by atoms with van der Waals surface area (Å²) in [5.41, 5.74) is 3.98. The minimum atomic E-state index is -0.777. The van der Waals surface area contributed by atoms with Crippen LogP contribution in [-0.2, 0) is 9.59 Å². The molecule has 1 aromatic heterocycles. The number of nitrogens with zero attached hydrogens (tertiary/aromatic N) is 1. The zero-order valence-corrected chi connectivity index (χ0v) is 18.7. The van der Waals surface area contributed by atoms with Crippen LogP contribution in [0.25, 0.3) is 17.4 Å². The van der Waals surface area contributed by atoms with Crippen LogP contribution in [0.4, 0.5) is 10.5 Å². The Morgan fingerprint density at radius 3 is 2.29 bits per heavy atom. The Hall–Kier alpha value is -3.45. The molecule has 1 saturated heterocycles. The van der Waals surface area contributed by atoms with Crippen LogP contribution < -0.4 is 10.2 Å².